The maximum atomic E-state index is 12.1. The molecule has 5 heteroatoms. The molecule has 1 atom stereocenters. The first-order valence-electron chi connectivity index (χ1n) is 7.75. The lowest BCUT2D eigenvalue weighted by Gasteiger charge is -2.16. The van der Waals surface area contributed by atoms with E-state index in [1.165, 1.54) is 5.56 Å². The molecular weight excluding hydrogens is 292 g/mol. The molecule has 1 heterocycles. The predicted molar refractivity (Wildman–Crippen MR) is 89.1 cm³/mol. The molecule has 0 aliphatic carbocycles. The summed E-state index contributed by atoms with van der Waals surface area (Å²) in [7, 11) is 0. The Kier molecular flexibility index (Phi) is 4.66. The molecule has 23 heavy (non-hydrogen) atoms. The van der Waals surface area contributed by atoms with E-state index in [9.17, 15) is 4.79 Å². The number of ether oxygens (including phenoxy) is 2. The number of hydrogen-bond acceptors (Lipinski definition) is 3. The number of hydrogen-bond donors (Lipinski definition) is 2. The first-order valence-corrected chi connectivity index (χ1v) is 7.75. The van der Waals surface area contributed by atoms with Gasteiger partial charge in [0, 0.05) is 24.2 Å². The molecule has 2 aromatic rings. The number of anilines is 1. The summed E-state index contributed by atoms with van der Waals surface area (Å²) in [5, 5.41) is 5.74. The molecule has 0 bridgehead atoms. The van der Waals surface area contributed by atoms with Crippen LogP contribution in [0.1, 0.15) is 24.8 Å². The molecule has 5 nitrogen and oxygen atoms in total. The first kappa shape index (κ1) is 15.2. The third-order valence-corrected chi connectivity index (χ3v) is 3.90. The lowest BCUT2D eigenvalue weighted by molar-refractivity contribution is 0.174. The Morgan fingerprint density at radius 1 is 1.13 bits per heavy atom. The molecule has 0 radical (unpaired) electrons. The lowest BCUT2D eigenvalue weighted by atomic mass is 9.97. The van der Waals surface area contributed by atoms with Crippen LogP contribution in [0.2, 0.25) is 0 Å². The second-order valence-electron chi connectivity index (χ2n) is 5.42. The smallest absolute Gasteiger partial charge is 0.319 e. The number of carbonyl (C=O) groups excluding carboxylic acids is 1. The summed E-state index contributed by atoms with van der Waals surface area (Å²) in [6.45, 7) is 2.94. The Hall–Kier alpha value is -2.69. The van der Waals surface area contributed by atoms with Gasteiger partial charge in [0.25, 0.3) is 0 Å². The van der Waals surface area contributed by atoms with Crippen molar-refractivity contribution in [1.29, 1.82) is 0 Å². The highest BCUT2D eigenvalue weighted by Crippen LogP contribution is 2.34. The fourth-order valence-electron chi connectivity index (χ4n) is 2.59. The molecule has 2 amide bonds. The Morgan fingerprint density at radius 2 is 1.91 bits per heavy atom. The highest BCUT2D eigenvalue weighted by Gasteiger charge is 2.15. The van der Waals surface area contributed by atoms with Crippen molar-refractivity contribution in [2.24, 2.45) is 0 Å². The third-order valence-electron chi connectivity index (χ3n) is 3.90. The van der Waals surface area contributed by atoms with Crippen molar-refractivity contribution in [1.82, 2.24) is 5.32 Å². The molecular formula is C18H20N2O3. The topological polar surface area (TPSA) is 59.6 Å². The number of urea groups is 1. The van der Waals surface area contributed by atoms with Crippen molar-refractivity contribution in [3.8, 4) is 11.5 Å². The molecule has 0 fully saturated rings. The van der Waals surface area contributed by atoms with Gasteiger partial charge in [-0.3, -0.25) is 0 Å². The van der Waals surface area contributed by atoms with Gasteiger partial charge < -0.3 is 20.1 Å². The highest BCUT2D eigenvalue weighted by atomic mass is 16.7. The zero-order valence-corrected chi connectivity index (χ0v) is 13.0. The predicted octanol–water partition coefficient (Wildman–Crippen LogP) is 3.73. The van der Waals surface area contributed by atoms with Gasteiger partial charge in [0.15, 0.2) is 11.5 Å². The average molecular weight is 312 g/mol. The molecule has 120 valence electrons. The summed E-state index contributed by atoms with van der Waals surface area (Å²) < 4.78 is 10.6. The van der Waals surface area contributed by atoms with Gasteiger partial charge in [0.2, 0.25) is 6.79 Å². The standard InChI is InChI=1S/C18H20N2O3/c1-2-13(14-6-4-3-5-7-14)11-19-18(21)20-15-8-9-16-17(10-15)23-12-22-16/h3-10,13H,2,11-12H2,1H3,(H2,19,20,21). The zero-order chi connectivity index (χ0) is 16.1. The van der Waals surface area contributed by atoms with Crippen LogP contribution in [0.5, 0.6) is 11.5 Å². The van der Waals surface area contributed by atoms with Crippen LogP contribution >= 0.6 is 0 Å². The van der Waals surface area contributed by atoms with E-state index in [2.05, 4.69) is 29.7 Å². The van der Waals surface area contributed by atoms with Crippen molar-refractivity contribution in [3.63, 3.8) is 0 Å². The SMILES string of the molecule is CCC(CNC(=O)Nc1ccc2c(c1)OCO2)c1ccccc1. The third kappa shape index (κ3) is 3.74. The fourth-order valence-corrected chi connectivity index (χ4v) is 2.59. The molecule has 0 saturated heterocycles. The summed E-state index contributed by atoms with van der Waals surface area (Å²) in [4.78, 5) is 12.1. The van der Waals surface area contributed by atoms with Crippen molar-refractivity contribution in [2.45, 2.75) is 19.3 Å². The Labute approximate surface area is 135 Å². The van der Waals surface area contributed by atoms with Crippen molar-refractivity contribution in [3.05, 3.63) is 54.1 Å². The summed E-state index contributed by atoms with van der Waals surface area (Å²) in [5.74, 6) is 1.66. The van der Waals surface area contributed by atoms with E-state index >= 15 is 0 Å². The minimum atomic E-state index is -0.224. The number of amides is 2. The van der Waals surface area contributed by atoms with Crippen molar-refractivity contribution >= 4 is 11.7 Å². The number of benzene rings is 2. The van der Waals surface area contributed by atoms with E-state index < -0.39 is 0 Å². The monoisotopic (exact) mass is 312 g/mol. The van der Waals surface area contributed by atoms with Gasteiger partial charge in [-0.15, -0.1) is 0 Å². The van der Waals surface area contributed by atoms with Crippen LogP contribution in [0.15, 0.2) is 48.5 Å². The van der Waals surface area contributed by atoms with E-state index in [-0.39, 0.29) is 12.8 Å². The summed E-state index contributed by atoms with van der Waals surface area (Å²) >= 11 is 0. The van der Waals surface area contributed by atoms with Crippen LogP contribution in [0, 0.1) is 0 Å². The molecule has 0 saturated carbocycles. The summed E-state index contributed by atoms with van der Waals surface area (Å²) in [6.07, 6.45) is 0.967. The quantitative estimate of drug-likeness (QED) is 0.884. The molecule has 1 unspecified atom stereocenters. The second-order valence-corrected chi connectivity index (χ2v) is 5.42. The molecule has 2 N–H and O–H groups in total. The normalized spacial score (nSPS) is 13.4. The maximum Gasteiger partial charge on any atom is 0.319 e. The van der Waals surface area contributed by atoms with Crippen molar-refractivity contribution in [2.75, 3.05) is 18.7 Å². The maximum absolute atomic E-state index is 12.1. The number of nitrogens with one attached hydrogen (secondary N) is 2. The van der Waals surface area contributed by atoms with Gasteiger partial charge >= 0.3 is 6.03 Å². The first-order chi connectivity index (χ1) is 11.3. The lowest BCUT2D eigenvalue weighted by Crippen LogP contribution is -2.32. The van der Waals surface area contributed by atoms with Crippen LogP contribution < -0.4 is 20.1 Å². The average Bonchev–Trinajstić information content (AvgIpc) is 3.04. The van der Waals surface area contributed by atoms with Crippen LogP contribution in [-0.4, -0.2) is 19.4 Å². The Bertz CT molecular complexity index is 673. The van der Waals surface area contributed by atoms with Crippen LogP contribution in [0.3, 0.4) is 0 Å². The van der Waals surface area contributed by atoms with Gasteiger partial charge in [0.1, 0.15) is 0 Å². The van der Waals surface area contributed by atoms with E-state index in [4.69, 9.17) is 9.47 Å². The molecule has 2 aromatic carbocycles. The minimum Gasteiger partial charge on any atom is -0.454 e. The Morgan fingerprint density at radius 3 is 2.70 bits per heavy atom. The Balaban J connectivity index is 1.55. The van der Waals surface area contributed by atoms with E-state index in [1.54, 1.807) is 18.2 Å². The summed E-state index contributed by atoms with van der Waals surface area (Å²) in [5.41, 5.74) is 1.91. The molecule has 0 spiro atoms. The van der Waals surface area contributed by atoms with E-state index in [1.807, 2.05) is 18.2 Å². The van der Waals surface area contributed by atoms with Gasteiger partial charge in [-0.05, 0) is 24.1 Å². The zero-order valence-electron chi connectivity index (χ0n) is 13.0. The highest BCUT2D eigenvalue weighted by molar-refractivity contribution is 5.89. The molecule has 0 aromatic heterocycles. The van der Waals surface area contributed by atoms with Gasteiger partial charge in [-0.25, -0.2) is 4.79 Å². The largest absolute Gasteiger partial charge is 0.454 e. The van der Waals surface area contributed by atoms with Gasteiger partial charge in [0.05, 0.1) is 0 Å². The van der Waals surface area contributed by atoms with Crippen LogP contribution in [0.4, 0.5) is 10.5 Å². The van der Waals surface area contributed by atoms with Crippen molar-refractivity contribution < 1.29 is 14.3 Å². The number of carbonyl (C=O) groups is 1. The van der Waals surface area contributed by atoms with E-state index in [0.29, 0.717) is 29.6 Å². The molecule has 1 aliphatic rings. The molecule has 1 aliphatic heterocycles. The van der Waals surface area contributed by atoms with Crippen LogP contribution in [-0.2, 0) is 0 Å². The number of rotatable bonds is 5. The minimum absolute atomic E-state index is 0.222. The van der Waals surface area contributed by atoms with Gasteiger partial charge in [-0.2, -0.15) is 0 Å². The second kappa shape index (κ2) is 7.05. The van der Waals surface area contributed by atoms with Gasteiger partial charge in [-0.1, -0.05) is 37.3 Å². The summed E-state index contributed by atoms with van der Waals surface area (Å²) in [6, 6.07) is 15.3. The molecule has 3 rings (SSSR count). The number of fused-ring (bicyclic) bond motifs is 1. The van der Waals surface area contributed by atoms with Crippen LogP contribution in [0.25, 0.3) is 0 Å². The fraction of sp³-hybridized carbons (Fsp3) is 0.278. The van der Waals surface area contributed by atoms with E-state index in [0.717, 1.165) is 6.42 Å².